The standard InChI is InChI=1S/C12H23NO2/c1-11(2,3)5-4-10(14)12(13)6-8-15-9-7-12/h4-9,13H2,1-3H3. The Bertz CT molecular complexity index is 224. The predicted octanol–water partition coefficient (Wildman–Crippen LogP) is 1.89. The van der Waals surface area contributed by atoms with E-state index >= 15 is 0 Å². The summed E-state index contributed by atoms with van der Waals surface area (Å²) in [5.41, 5.74) is 5.70. The molecule has 1 aliphatic heterocycles. The Morgan fingerprint density at radius 2 is 1.87 bits per heavy atom. The average Bonchev–Trinajstić information content (AvgIpc) is 2.14. The van der Waals surface area contributed by atoms with Gasteiger partial charge in [-0.25, -0.2) is 0 Å². The lowest BCUT2D eigenvalue weighted by molar-refractivity contribution is -0.128. The summed E-state index contributed by atoms with van der Waals surface area (Å²) in [6.07, 6.45) is 2.86. The predicted molar refractivity (Wildman–Crippen MR) is 60.7 cm³/mol. The summed E-state index contributed by atoms with van der Waals surface area (Å²) in [5.74, 6) is 0.209. The zero-order chi connectivity index (χ0) is 11.5. The Morgan fingerprint density at radius 1 is 1.33 bits per heavy atom. The second-order valence-corrected chi connectivity index (χ2v) is 5.75. The maximum Gasteiger partial charge on any atom is 0.152 e. The highest BCUT2D eigenvalue weighted by molar-refractivity contribution is 5.88. The second-order valence-electron chi connectivity index (χ2n) is 5.75. The number of hydrogen-bond acceptors (Lipinski definition) is 3. The van der Waals surface area contributed by atoms with E-state index in [9.17, 15) is 4.79 Å². The maximum absolute atomic E-state index is 12.0. The Morgan fingerprint density at radius 3 is 2.33 bits per heavy atom. The van der Waals surface area contributed by atoms with E-state index in [4.69, 9.17) is 10.5 Å². The van der Waals surface area contributed by atoms with Crippen molar-refractivity contribution < 1.29 is 9.53 Å². The molecule has 1 rings (SSSR count). The van der Waals surface area contributed by atoms with Crippen LogP contribution in [0.1, 0.15) is 46.5 Å². The van der Waals surface area contributed by atoms with Crippen LogP contribution in [0.25, 0.3) is 0 Å². The highest BCUT2D eigenvalue weighted by Gasteiger charge is 2.35. The van der Waals surface area contributed by atoms with E-state index in [1.54, 1.807) is 0 Å². The van der Waals surface area contributed by atoms with E-state index in [2.05, 4.69) is 20.8 Å². The molecular weight excluding hydrogens is 190 g/mol. The fraction of sp³-hybridized carbons (Fsp3) is 0.917. The number of Topliss-reactive ketones (excluding diaryl/α,β-unsaturated/α-hetero) is 1. The van der Waals surface area contributed by atoms with Crippen LogP contribution in [0.2, 0.25) is 0 Å². The number of carbonyl (C=O) groups excluding carboxylic acids is 1. The zero-order valence-electron chi connectivity index (χ0n) is 10.1. The van der Waals surface area contributed by atoms with E-state index in [1.807, 2.05) is 0 Å². The number of nitrogens with two attached hydrogens (primary N) is 1. The SMILES string of the molecule is CC(C)(C)CCC(=O)C1(N)CCOCC1. The van der Waals surface area contributed by atoms with Gasteiger partial charge in [-0.1, -0.05) is 20.8 Å². The first kappa shape index (κ1) is 12.7. The lowest BCUT2D eigenvalue weighted by Gasteiger charge is -2.32. The van der Waals surface area contributed by atoms with E-state index in [1.165, 1.54) is 0 Å². The molecule has 0 radical (unpaired) electrons. The van der Waals surface area contributed by atoms with Gasteiger partial charge in [0.1, 0.15) is 0 Å². The van der Waals surface area contributed by atoms with Crippen molar-refractivity contribution in [3.63, 3.8) is 0 Å². The largest absolute Gasteiger partial charge is 0.381 e. The average molecular weight is 213 g/mol. The summed E-state index contributed by atoms with van der Waals surface area (Å²) in [4.78, 5) is 12.0. The highest BCUT2D eigenvalue weighted by atomic mass is 16.5. The van der Waals surface area contributed by atoms with Crippen LogP contribution in [0.5, 0.6) is 0 Å². The van der Waals surface area contributed by atoms with Crippen molar-refractivity contribution >= 4 is 5.78 Å². The molecule has 0 bridgehead atoms. The van der Waals surface area contributed by atoms with Gasteiger partial charge in [-0.15, -0.1) is 0 Å². The minimum Gasteiger partial charge on any atom is -0.381 e. The molecule has 0 amide bonds. The Kier molecular flexibility index (Phi) is 3.90. The van der Waals surface area contributed by atoms with Crippen LogP contribution < -0.4 is 5.73 Å². The van der Waals surface area contributed by atoms with E-state index in [0.29, 0.717) is 32.5 Å². The van der Waals surface area contributed by atoms with Crippen molar-refractivity contribution in [1.82, 2.24) is 0 Å². The molecule has 2 N–H and O–H groups in total. The first-order chi connectivity index (χ1) is 6.83. The number of ether oxygens (including phenoxy) is 1. The third-order valence-corrected chi connectivity index (χ3v) is 3.04. The third-order valence-electron chi connectivity index (χ3n) is 3.04. The molecule has 1 fully saturated rings. The minimum atomic E-state index is -0.608. The first-order valence-electron chi connectivity index (χ1n) is 5.73. The molecule has 3 heteroatoms. The normalized spacial score (nSPS) is 21.3. The summed E-state index contributed by atoms with van der Waals surface area (Å²) in [5, 5.41) is 0. The second kappa shape index (κ2) is 4.62. The quantitative estimate of drug-likeness (QED) is 0.779. The van der Waals surface area contributed by atoms with Gasteiger partial charge in [-0.05, 0) is 24.7 Å². The molecule has 0 unspecified atom stereocenters. The number of hydrogen-bond donors (Lipinski definition) is 1. The summed E-state index contributed by atoms with van der Waals surface area (Å²) >= 11 is 0. The van der Waals surface area contributed by atoms with Crippen LogP contribution in [-0.4, -0.2) is 24.5 Å². The monoisotopic (exact) mass is 213 g/mol. The topological polar surface area (TPSA) is 52.3 Å². The zero-order valence-corrected chi connectivity index (χ0v) is 10.1. The number of rotatable bonds is 3. The van der Waals surface area contributed by atoms with Gasteiger partial charge in [0.25, 0.3) is 0 Å². The summed E-state index contributed by atoms with van der Waals surface area (Å²) in [6.45, 7) is 7.68. The van der Waals surface area contributed by atoms with Gasteiger partial charge in [0.15, 0.2) is 5.78 Å². The van der Waals surface area contributed by atoms with Crippen LogP contribution in [0, 0.1) is 5.41 Å². The molecular formula is C12H23NO2. The van der Waals surface area contributed by atoms with Crippen LogP contribution in [0.4, 0.5) is 0 Å². The molecule has 3 nitrogen and oxygen atoms in total. The van der Waals surface area contributed by atoms with Crippen LogP contribution in [0.15, 0.2) is 0 Å². The van der Waals surface area contributed by atoms with Gasteiger partial charge in [0.2, 0.25) is 0 Å². The summed E-state index contributed by atoms with van der Waals surface area (Å²) in [7, 11) is 0. The molecule has 0 aliphatic carbocycles. The number of carbonyl (C=O) groups is 1. The van der Waals surface area contributed by atoms with E-state index in [0.717, 1.165) is 6.42 Å². The molecule has 0 aromatic rings. The lowest BCUT2D eigenvalue weighted by Crippen LogP contribution is -2.52. The van der Waals surface area contributed by atoms with Crippen LogP contribution in [-0.2, 0) is 9.53 Å². The third kappa shape index (κ3) is 3.92. The van der Waals surface area contributed by atoms with E-state index in [-0.39, 0.29) is 11.2 Å². The summed E-state index contributed by atoms with van der Waals surface area (Å²) < 4.78 is 5.23. The van der Waals surface area contributed by atoms with Gasteiger partial charge in [-0.3, -0.25) is 4.79 Å². The van der Waals surface area contributed by atoms with Gasteiger partial charge >= 0.3 is 0 Å². The van der Waals surface area contributed by atoms with E-state index < -0.39 is 5.54 Å². The molecule has 0 aromatic carbocycles. The van der Waals surface area contributed by atoms with Gasteiger partial charge in [0.05, 0.1) is 5.54 Å². The van der Waals surface area contributed by atoms with Crippen LogP contribution >= 0.6 is 0 Å². The lowest BCUT2D eigenvalue weighted by atomic mass is 9.81. The highest BCUT2D eigenvalue weighted by Crippen LogP contribution is 2.25. The fourth-order valence-electron chi connectivity index (χ4n) is 1.75. The maximum atomic E-state index is 12.0. The van der Waals surface area contributed by atoms with Crippen molar-refractivity contribution in [1.29, 1.82) is 0 Å². The molecule has 15 heavy (non-hydrogen) atoms. The Hall–Kier alpha value is -0.410. The molecule has 1 saturated heterocycles. The minimum absolute atomic E-state index is 0.206. The van der Waals surface area contributed by atoms with Gasteiger partial charge in [-0.2, -0.15) is 0 Å². The molecule has 0 aromatic heterocycles. The van der Waals surface area contributed by atoms with Gasteiger partial charge in [0, 0.05) is 19.6 Å². The smallest absolute Gasteiger partial charge is 0.152 e. The number of ketones is 1. The van der Waals surface area contributed by atoms with Crippen molar-refractivity contribution in [3.8, 4) is 0 Å². The van der Waals surface area contributed by atoms with Crippen molar-refractivity contribution in [2.75, 3.05) is 13.2 Å². The fourth-order valence-corrected chi connectivity index (χ4v) is 1.75. The van der Waals surface area contributed by atoms with Crippen LogP contribution in [0.3, 0.4) is 0 Å². The van der Waals surface area contributed by atoms with Gasteiger partial charge < -0.3 is 10.5 Å². The molecule has 1 heterocycles. The summed E-state index contributed by atoms with van der Waals surface area (Å²) in [6, 6.07) is 0. The first-order valence-corrected chi connectivity index (χ1v) is 5.73. The van der Waals surface area contributed by atoms with Crippen molar-refractivity contribution in [2.45, 2.75) is 52.0 Å². The molecule has 1 aliphatic rings. The Labute approximate surface area is 92.4 Å². The van der Waals surface area contributed by atoms with Crippen molar-refractivity contribution in [3.05, 3.63) is 0 Å². The van der Waals surface area contributed by atoms with Crippen molar-refractivity contribution in [2.24, 2.45) is 11.1 Å². The molecule has 0 spiro atoms. The Balaban J connectivity index is 2.45. The molecule has 0 saturated carbocycles. The molecule has 0 atom stereocenters. The molecule has 88 valence electrons.